The summed E-state index contributed by atoms with van der Waals surface area (Å²) in [4.78, 5) is 0. The van der Waals surface area contributed by atoms with Crippen molar-refractivity contribution in [2.45, 2.75) is 89.9 Å². The van der Waals surface area contributed by atoms with Crippen molar-refractivity contribution in [3.05, 3.63) is 76.6 Å². The van der Waals surface area contributed by atoms with Gasteiger partial charge in [0, 0.05) is 6.07 Å². The van der Waals surface area contributed by atoms with Gasteiger partial charge in [0.15, 0.2) is 11.6 Å². The first-order valence-electron chi connectivity index (χ1n) is 13.5. The fraction of sp³-hybridized carbons (Fsp3) is 0.548. The van der Waals surface area contributed by atoms with Crippen LogP contribution in [0.5, 0.6) is 5.75 Å². The van der Waals surface area contributed by atoms with E-state index in [2.05, 4.69) is 12.2 Å². The average molecular weight is 485 g/mol. The van der Waals surface area contributed by atoms with Gasteiger partial charge in [0.2, 0.25) is 0 Å². The Morgan fingerprint density at radius 2 is 1.43 bits per heavy atom. The number of rotatable bonds is 8. The van der Waals surface area contributed by atoms with E-state index in [9.17, 15) is 4.39 Å². The zero-order valence-electron chi connectivity index (χ0n) is 21.2. The topological polar surface area (TPSA) is 9.23 Å². The summed E-state index contributed by atoms with van der Waals surface area (Å²) in [6, 6.07) is 8.82. The highest BCUT2D eigenvalue weighted by molar-refractivity contribution is 5.32. The second-order valence-corrected chi connectivity index (χ2v) is 10.5. The van der Waals surface area contributed by atoms with E-state index >= 15 is 8.78 Å². The molecule has 2 aliphatic carbocycles. The van der Waals surface area contributed by atoms with Gasteiger partial charge in [0.1, 0.15) is 11.6 Å². The Morgan fingerprint density at radius 3 is 1.97 bits per heavy atom. The van der Waals surface area contributed by atoms with Crippen LogP contribution < -0.4 is 4.74 Å². The molecule has 0 atom stereocenters. The van der Waals surface area contributed by atoms with E-state index in [1.807, 2.05) is 38.1 Å². The van der Waals surface area contributed by atoms with Crippen LogP contribution in [-0.4, -0.2) is 6.61 Å². The summed E-state index contributed by atoms with van der Waals surface area (Å²) >= 11 is 0. The molecule has 4 rings (SSSR count). The number of allylic oxidation sites excluding steroid dienone is 2. The molecule has 2 aromatic carbocycles. The third-order valence-electron chi connectivity index (χ3n) is 8.26. The highest BCUT2D eigenvalue weighted by atomic mass is 19.2. The van der Waals surface area contributed by atoms with Crippen LogP contribution >= 0.6 is 0 Å². The molecule has 0 saturated heterocycles. The van der Waals surface area contributed by atoms with Crippen molar-refractivity contribution in [2.24, 2.45) is 11.8 Å². The molecule has 0 radical (unpaired) electrons. The molecule has 35 heavy (non-hydrogen) atoms. The average Bonchev–Trinajstić information content (AvgIpc) is 2.87. The lowest BCUT2D eigenvalue weighted by Crippen LogP contribution is -2.17. The number of aryl methyl sites for hydroxylation is 1. The number of halogens is 3. The van der Waals surface area contributed by atoms with E-state index in [-0.39, 0.29) is 17.7 Å². The Kier molecular flexibility index (Phi) is 8.97. The summed E-state index contributed by atoms with van der Waals surface area (Å²) in [5.74, 6) is 0.374. The molecule has 0 amide bonds. The van der Waals surface area contributed by atoms with Crippen LogP contribution in [0.25, 0.3) is 0 Å². The summed E-state index contributed by atoms with van der Waals surface area (Å²) in [6.07, 6.45) is 13.5. The fourth-order valence-corrected chi connectivity index (χ4v) is 6.21. The van der Waals surface area contributed by atoms with Gasteiger partial charge in [-0.25, -0.2) is 13.2 Å². The van der Waals surface area contributed by atoms with E-state index < -0.39 is 11.6 Å². The molecule has 1 nitrogen and oxygen atoms in total. The molecule has 4 heteroatoms. The van der Waals surface area contributed by atoms with Crippen LogP contribution in [0.4, 0.5) is 13.2 Å². The van der Waals surface area contributed by atoms with Gasteiger partial charge in [0.25, 0.3) is 0 Å². The molecule has 0 bridgehead atoms. The monoisotopic (exact) mass is 484 g/mol. The van der Waals surface area contributed by atoms with E-state index in [0.29, 0.717) is 41.7 Å². The normalized spacial score (nSPS) is 25.2. The molecular formula is C31H39F3O. The molecule has 2 fully saturated rings. The van der Waals surface area contributed by atoms with Crippen molar-refractivity contribution in [3.63, 3.8) is 0 Å². The molecular weight excluding hydrogens is 445 g/mol. The van der Waals surface area contributed by atoms with E-state index in [1.54, 1.807) is 0 Å². The van der Waals surface area contributed by atoms with Gasteiger partial charge >= 0.3 is 0 Å². The quantitative estimate of drug-likeness (QED) is 0.339. The van der Waals surface area contributed by atoms with Gasteiger partial charge in [-0.3, -0.25) is 0 Å². The van der Waals surface area contributed by atoms with Crippen molar-refractivity contribution in [1.29, 1.82) is 0 Å². The Balaban J connectivity index is 1.31. The predicted octanol–water partition coefficient (Wildman–Crippen LogP) is 9.26. The lowest BCUT2D eigenvalue weighted by atomic mass is 9.75. The van der Waals surface area contributed by atoms with E-state index in [4.69, 9.17) is 4.74 Å². The largest absolute Gasteiger partial charge is 0.494 e. The first-order valence-corrected chi connectivity index (χ1v) is 13.5. The van der Waals surface area contributed by atoms with Crippen molar-refractivity contribution < 1.29 is 17.9 Å². The second-order valence-electron chi connectivity index (χ2n) is 10.5. The maximum Gasteiger partial charge on any atom is 0.162 e. The van der Waals surface area contributed by atoms with Gasteiger partial charge in [-0.2, -0.15) is 0 Å². The van der Waals surface area contributed by atoms with E-state index in [0.717, 1.165) is 63.4 Å². The molecule has 2 aromatic rings. The van der Waals surface area contributed by atoms with Crippen LogP contribution in [0, 0.1) is 29.3 Å². The lowest BCUT2D eigenvalue weighted by molar-refractivity contribution is 0.303. The molecule has 190 valence electrons. The summed E-state index contributed by atoms with van der Waals surface area (Å²) in [5.41, 5.74) is 1.83. The minimum Gasteiger partial charge on any atom is -0.494 e. The van der Waals surface area contributed by atoms with E-state index in [1.165, 1.54) is 6.07 Å². The minimum absolute atomic E-state index is 0.0717. The zero-order chi connectivity index (χ0) is 24.8. The Hall–Kier alpha value is -2.23. The number of benzene rings is 2. The highest BCUT2D eigenvalue weighted by Crippen LogP contribution is 2.42. The van der Waals surface area contributed by atoms with Crippen molar-refractivity contribution in [3.8, 4) is 5.75 Å². The molecule has 0 N–H and O–H groups in total. The Bertz CT molecular complexity index is 999. The highest BCUT2D eigenvalue weighted by Gasteiger charge is 2.29. The number of hydrogen-bond acceptors (Lipinski definition) is 1. The summed E-state index contributed by atoms with van der Waals surface area (Å²) in [5, 5.41) is 0. The first kappa shape index (κ1) is 25.9. The number of ether oxygens (including phenoxy) is 1. The maximum atomic E-state index is 15.2. The molecule has 2 aliphatic rings. The molecule has 0 aliphatic heterocycles. The third kappa shape index (κ3) is 6.32. The van der Waals surface area contributed by atoms with Crippen LogP contribution in [-0.2, 0) is 6.42 Å². The van der Waals surface area contributed by atoms with Crippen molar-refractivity contribution >= 4 is 0 Å². The van der Waals surface area contributed by atoms with Crippen LogP contribution in [0.2, 0.25) is 0 Å². The second kappa shape index (κ2) is 12.1. The summed E-state index contributed by atoms with van der Waals surface area (Å²) in [6.45, 7) is 4.44. The smallest absolute Gasteiger partial charge is 0.162 e. The molecule has 0 aromatic heterocycles. The van der Waals surface area contributed by atoms with Gasteiger partial charge in [-0.15, -0.1) is 0 Å². The third-order valence-corrected chi connectivity index (χ3v) is 8.26. The first-order chi connectivity index (χ1) is 17.0. The maximum absolute atomic E-state index is 15.2. The van der Waals surface area contributed by atoms with Crippen LogP contribution in [0.15, 0.2) is 42.5 Å². The van der Waals surface area contributed by atoms with Crippen LogP contribution in [0.1, 0.15) is 100 Å². The van der Waals surface area contributed by atoms with Gasteiger partial charge < -0.3 is 4.74 Å². The number of hydrogen-bond donors (Lipinski definition) is 0. The fourth-order valence-electron chi connectivity index (χ4n) is 6.21. The summed E-state index contributed by atoms with van der Waals surface area (Å²) < 4.78 is 50.0. The SMILES string of the molecule is CC=CC1CCC(c2ccc(C3CCC(CCc4ccc(OCC)cc4F)CC3)c(F)c2F)CC1. The molecule has 0 spiro atoms. The zero-order valence-corrected chi connectivity index (χ0v) is 21.2. The van der Waals surface area contributed by atoms with Gasteiger partial charge in [-0.1, -0.05) is 30.4 Å². The Labute approximate surface area is 208 Å². The lowest BCUT2D eigenvalue weighted by Gasteiger charge is -2.30. The predicted molar refractivity (Wildman–Crippen MR) is 136 cm³/mol. The standard InChI is InChI=1S/C31H39F3O/c1-3-5-21-6-11-23(12-7-21)27-18-19-28(31(34)30(27)33)24-13-8-22(9-14-24)10-15-25-16-17-26(35-4-2)20-29(25)32/h3,5,16-24H,4,6-15H2,1-2H3. The molecule has 0 heterocycles. The Morgan fingerprint density at radius 1 is 0.829 bits per heavy atom. The summed E-state index contributed by atoms with van der Waals surface area (Å²) in [7, 11) is 0. The van der Waals surface area contributed by atoms with Gasteiger partial charge in [-0.05, 0) is 124 Å². The van der Waals surface area contributed by atoms with Crippen LogP contribution in [0.3, 0.4) is 0 Å². The molecule has 2 saturated carbocycles. The van der Waals surface area contributed by atoms with Gasteiger partial charge in [0.05, 0.1) is 6.61 Å². The molecule has 0 unspecified atom stereocenters. The van der Waals surface area contributed by atoms with Crippen molar-refractivity contribution in [2.75, 3.05) is 6.61 Å². The van der Waals surface area contributed by atoms with Crippen molar-refractivity contribution in [1.82, 2.24) is 0 Å². The minimum atomic E-state index is -0.627.